The Labute approximate surface area is 109 Å². The molecule has 0 aromatic heterocycles. The third-order valence-corrected chi connectivity index (χ3v) is 2.89. The van der Waals surface area contributed by atoms with Crippen LogP contribution in [0.25, 0.3) is 0 Å². The van der Waals surface area contributed by atoms with E-state index in [4.69, 9.17) is 5.11 Å². The van der Waals surface area contributed by atoms with Gasteiger partial charge in [-0.05, 0) is 37.8 Å². The van der Waals surface area contributed by atoms with Gasteiger partial charge in [0.2, 0.25) is 0 Å². The topological polar surface area (TPSA) is 49.3 Å². The highest BCUT2D eigenvalue weighted by atomic mass is 16.4. The van der Waals surface area contributed by atoms with Gasteiger partial charge in [-0.2, -0.15) is 0 Å². The average molecular weight is 249 g/mol. The second-order valence-electron chi connectivity index (χ2n) is 5.21. The summed E-state index contributed by atoms with van der Waals surface area (Å²) in [5, 5.41) is 12.2. The Morgan fingerprint density at radius 2 is 2.11 bits per heavy atom. The third-order valence-electron chi connectivity index (χ3n) is 2.89. The fraction of sp³-hybridized carbons (Fsp3) is 0.533. The molecule has 0 aliphatic heterocycles. The summed E-state index contributed by atoms with van der Waals surface area (Å²) >= 11 is 0. The monoisotopic (exact) mass is 249 g/mol. The van der Waals surface area contributed by atoms with Gasteiger partial charge in [-0.15, -0.1) is 0 Å². The Hall–Kier alpha value is -1.35. The molecule has 1 rings (SSSR count). The minimum absolute atomic E-state index is 0.387. The number of benzene rings is 1. The second kappa shape index (κ2) is 7.17. The number of hydrogen-bond donors (Lipinski definition) is 2. The number of carboxylic acids is 1. The molecule has 0 aliphatic rings. The summed E-state index contributed by atoms with van der Waals surface area (Å²) in [6.07, 6.45) is 1.53. The molecule has 0 saturated carbocycles. The Morgan fingerprint density at radius 1 is 1.39 bits per heavy atom. The van der Waals surface area contributed by atoms with Gasteiger partial charge in [0.05, 0.1) is 0 Å². The standard InChI is InChI=1S/C15H23NO2/c1-11(2)9-14(15(17)18)16-8-7-13-6-4-5-12(3)10-13/h4-6,10-11,14,16H,7-9H2,1-3H3,(H,17,18)/t14-/m1/s1. The van der Waals surface area contributed by atoms with E-state index in [9.17, 15) is 4.79 Å². The van der Waals surface area contributed by atoms with Crippen LogP contribution in [0.2, 0.25) is 0 Å². The van der Waals surface area contributed by atoms with E-state index in [2.05, 4.69) is 30.4 Å². The Kier molecular flexibility index (Phi) is 5.86. The van der Waals surface area contributed by atoms with Crippen LogP contribution in [-0.4, -0.2) is 23.7 Å². The molecule has 2 N–H and O–H groups in total. The number of nitrogens with one attached hydrogen (secondary N) is 1. The van der Waals surface area contributed by atoms with Gasteiger partial charge in [0, 0.05) is 0 Å². The van der Waals surface area contributed by atoms with Crippen LogP contribution >= 0.6 is 0 Å². The van der Waals surface area contributed by atoms with Crippen LogP contribution in [-0.2, 0) is 11.2 Å². The minimum Gasteiger partial charge on any atom is -0.480 e. The molecule has 0 fully saturated rings. The molecule has 100 valence electrons. The van der Waals surface area contributed by atoms with E-state index in [-0.39, 0.29) is 0 Å². The molecule has 1 aromatic rings. The lowest BCUT2D eigenvalue weighted by Gasteiger charge is -2.16. The van der Waals surface area contributed by atoms with Gasteiger partial charge in [0.15, 0.2) is 0 Å². The largest absolute Gasteiger partial charge is 0.480 e. The van der Waals surface area contributed by atoms with Crippen molar-refractivity contribution in [1.82, 2.24) is 5.32 Å². The van der Waals surface area contributed by atoms with E-state index in [1.807, 2.05) is 19.9 Å². The maximum atomic E-state index is 11.1. The fourth-order valence-corrected chi connectivity index (χ4v) is 2.00. The average Bonchev–Trinajstić information content (AvgIpc) is 2.27. The molecule has 0 radical (unpaired) electrons. The number of carboxylic acid groups (broad SMARTS) is 1. The second-order valence-corrected chi connectivity index (χ2v) is 5.21. The zero-order valence-corrected chi connectivity index (χ0v) is 11.4. The smallest absolute Gasteiger partial charge is 0.320 e. The summed E-state index contributed by atoms with van der Waals surface area (Å²) < 4.78 is 0. The first-order valence-corrected chi connectivity index (χ1v) is 6.50. The molecule has 3 heteroatoms. The predicted octanol–water partition coefficient (Wildman–Crippen LogP) is 2.63. The van der Waals surface area contributed by atoms with Crippen LogP contribution in [0, 0.1) is 12.8 Å². The van der Waals surface area contributed by atoms with Crippen LogP contribution in [0.1, 0.15) is 31.4 Å². The van der Waals surface area contributed by atoms with Gasteiger partial charge >= 0.3 is 5.97 Å². The summed E-state index contributed by atoms with van der Waals surface area (Å²) in [6, 6.07) is 7.88. The summed E-state index contributed by atoms with van der Waals surface area (Å²) in [6.45, 7) is 6.85. The third kappa shape index (κ3) is 5.32. The van der Waals surface area contributed by atoms with Gasteiger partial charge in [0.25, 0.3) is 0 Å². The van der Waals surface area contributed by atoms with Crippen molar-refractivity contribution in [3.8, 4) is 0 Å². The van der Waals surface area contributed by atoms with Crippen molar-refractivity contribution in [1.29, 1.82) is 0 Å². The van der Waals surface area contributed by atoms with Crippen LogP contribution in [0.15, 0.2) is 24.3 Å². The molecule has 3 nitrogen and oxygen atoms in total. The van der Waals surface area contributed by atoms with Gasteiger partial charge in [-0.1, -0.05) is 43.7 Å². The molecule has 1 aromatic carbocycles. The zero-order valence-electron chi connectivity index (χ0n) is 11.4. The Balaban J connectivity index is 2.41. The number of aliphatic carboxylic acids is 1. The summed E-state index contributed by atoms with van der Waals surface area (Å²) in [7, 11) is 0. The number of aryl methyl sites for hydroxylation is 1. The van der Waals surface area contributed by atoms with Crippen molar-refractivity contribution in [2.24, 2.45) is 5.92 Å². The van der Waals surface area contributed by atoms with Gasteiger partial charge < -0.3 is 10.4 Å². The number of carbonyl (C=O) groups is 1. The van der Waals surface area contributed by atoms with Gasteiger partial charge in [0.1, 0.15) is 6.04 Å². The normalized spacial score (nSPS) is 12.7. The predicted molar refractivity (Wildman–Crippen MR) is 73.8 cm³/mol. The molecule has 0 saturated heterocycles. The van der Waals surface area contributed by atoms with Crippen molar-refractivity contribution in [2.45, 2.75) is 39.7 Å². The molecular weight excluding hydrogens is 226 g/mol. The Morgan fingerprint density at radius 3 is 2.67 bits per heavy atom. The Bertz CT molecular complexity index is 388. The minimum atomic E-state index is -0.757. The van der Waals surface area contributed by atoms with Crippen molar-refractivity contribution in [3.05, 3.63) is 35.4 Å². The molecular formula is C15H23NO2. The van der Waals surface area contributed by atoms with Gasteiger partial charge in [-0.3, -0.25) is 4.79 Å². The quantitative estimate of drug-likeness (QED) is 0.781. The van der Waals surface area contributed by atoms with Gasteiger partial charge in [-0.25, -0.2) is 0 Å². The molecule has 0 spiro atoms. The van der Waals surface area contributed by atoms with Crippen LogP contribution in [0.5, 0.6) is 0 Å². The SMILES string of the molecule is Cc1cccc(CCN[C@H](CC(C)C)C(=O)O)c1. The van der Waals surface area contributed by atoms with E-state index >= 15 is 0 Å². The van der Waals surface area contributed by atoms with E-state index < -0.39 is 12.0 Å². The summed E-state index contributed by atoms with van der Waals surface area (Å²) in [4.78, 5) is 11.1. The van der Waals surface area contributed by atoms with E-state index in [1.54, 1.807) is 0 Å². The lowest BCUT2D eigenvalue weighted by atomic mass is 10.0. The summed E-state index contributed by atoms with van der Waals surface area (Å²) in [5.74, 6) is -0.370. The highest BCUT2D eigenvalue weighted by Gasteiger charge is 2.17. The maximum absolute atomic E-state index is 11.1. The lowest BCUT2D eigenvalue weighted by Crippen LogP contribution is -2.38. The first kappa shape index (κ1) is 14.7. The number of rotatable bonds is 7. The molecule has 18 heavy (non-hydrogen) atoms. The summed E-state index contributed by atoms with van der Waals surface area (Å²) in [5.41, 5.74) is 2.49. The first-order valence-electron chi connectivity index (χ1n) is 6.50. The van der Waals surface area contributed by atoms with Crippen LogP contribution in [0.3, 0.4) is 0 Å². The molecule has 0 aliphatic carbocycles. The lowest BCUT2D eigenvalue weighted by molar-refractivity contribution is -0.139. The zero-order chi connectivity index (χ0) is 13.5. The van der Waals surface area contributed by atoms with Crippen molar-refractivity contribution in [2.75, 3.05) is 6.54 Å². The molecule has 1 atom stereocenters. The molecule has 0 unspecified atom stereocenters. The van der Waals surface area contributed by atoms with Crippen molar-refractivity contribution < 1.29 is 9.90 Å². The maximum Gasteiger partial charge on any atom is 0.320 e. The highest BCUT2D eigenvalue weighted by Crippen LogP contribution is 2.07. The van der Waals surface area contributed by atoms with E-state index in [0.717, 1.165) is 6.42 Å². The van der Waals surface area contributed by atoms with Crippen LogP contribution < -0.4 is 5.32 Å². The van der Waals surface area contributed by atoms with Crippen molar-refractivity contribution >= 4 is 5.97 Å². The fourth-order valence-electron chi connectivity index (χ4n) is 2.00. The van der Waals surface area contributed by atoms with Crippen molar-refractivity contribution in [3.63, 3.8) is 0 Å². The van der Waals surface area contributed by atoms with E-state index in [0.29, 0.717) is 18.9 Å². The number of hydrogen-bond acceptors (Lipinski definition) is 2. The van der Waals surface area contributed by atoms with Crippen LogP contribution in [0.4, 0.5) is 0 Å². The van der Waals surface area contributed by atoms with E-state index in [1.165, 1.54) is 11.1 Å². The molecule has 0 amide bonds. The molecule has 0 bridgehead atoms. The molecule has 0 heterocycles. The highest BCUT2D eigenvalue weighted by molar-refractivity contribution is 5.73. The first-order chi connectivity index (χ1) is 8.49.